The van der Waals surface area contributed by atoms with Gasteiger partial charge >= 0.3 is 0 Å². The van der Waals surface area contributed by atoms with Gasteiger partial charge in [-0.25, -0.2) is 8.42 Å². The van der Waals surface area contributed by atoms with Crippen molar-refractivity contribution in [1.29, 1.82) is 0 Å². The van der Waals surface area contributed by atoms with Crippen LogP contribution in [-0.4, -0.2) is 38.5 Å². The van der Waals surface area contributed by atoms with Crippen LogP contribution in [0.2, 0.25) is 5.02 Å². The fourth-order valence-corrected chi connectivity index (χ4v) is 5.53. The fourth-order valence-electron chi connectivity index (χ4n) is 3.39. The number of thioether (sulfide) groups is 1. The van der Waals surface area contributed by atoms with Gasteiger partial charge in [0.1, 0.15) is 5.75 Å². The summed E-state index contributed by atoms with van der Waals surface area (Å²) in [7, 11) is -2.57. The van der Waals surface area contributed by atoms with Crippen molar-refractivity contribution in [1.82, 2.24) is 9.62 Å². The number of nitrogens with one attached hydrogen (secondary N) is 1. The molecule has 6 nitrogen and oxygen atoms in total. The molecular formula is C25H27ClN2O4S2. The summed E-state index contributed by atoms with van der Waals surface area (Å²) in [6.45, 7) is 1.57. The lowest BCUT2D eigenvalue weighted by atomic mass is 10.1. The zero-order chi connectivity index (χ0) is 24.7. The van der Waals surface area contributed by atoms with E-state index >= 15 is 0 Å². The van der Waals surface area contributed by atoms with Crippen LogP contribution in [0.5, 0.6) is 5.75 Å². The second-order valence-corrected chi connectivity index (χ2v) is 10.8. The number of methoxy groups -OCH3 is 1. The first-order chi connectivity index (χ1) is 16.2. The first kappa shape index (κ1) is 26.1. The average molecular weight is 519 g/mol. The molecule has 0 aliphatic carbocycles. The maximum Gasteiger partial charge on any atom is 0.243 e. The first-order valence-corrected chi connectivity index (χ1v) is 13.6. The van der Waals surface area contributed by atoms with Gasteiger partial charge in [0.15, 0.2) is 0 Å². The Bertz CT molecular complexity index is 1220. The van der Waals surface area contributed by atoms with Crippen molar-refractivity contribution < 1.29 is 17.9 Å². The first-order valence-electron chi connectivity index (χ1n) is 10.6. The van der Waals surface area contributed by atoms with Crippen molar-refractivity contribution in [2.24, 2.45) is 0 Å². The van der Waals surface area contributed by atoms with Crippen molar-refractivity contribution in [3.63, 3.8) is 0 Å². The van der Waals surface area contributed by atoms with Crippen molar-refractivity contribution >= 4 is 39.3 Å². The molecule has 0 bridgehead atoms. The molecule has 180 valence electrons. The van der Waals surface area contributed by atoms with Gasteiger partial charge in [-0.3, -0.25) is 4.79 Å². The molecule has 3 aromatic rings. The molecule has 0 saturated heterocycles. The highest BCUT2D eigenvalue weighted by Crippen LogP contribution is 2.29. The van der Waals surface area contributed by atoms with E-state index in [9.17, 15) is 13.2 Å². The Balaban J connectivity index is 1.83. The Morgan fingerprint density at radius 2 is 1.76 bits per heavy atom. The largest absolute Gasteiger partial charge is 0.495 e. The highest BCUT2D eigenvalue weighted by molar-refractivity contribution is 7.98. The molecule has 0 radical (unpaired) electrons. The summed E-state index contributed by atoms with van der Waals surface area (Å²) < 4.78 is 33.3. The third kappa shape index (κ3) is 6.54. The molecule has 0 fully saturated rings. The molecule has 1 atom stereocenters. The topological polar surface area (TPSA) is 75.7 Å². The van der Waals surface area contributed by atoms with E-state index in [1.54, 1.807) is 11.8 Å². The summed E-state index contributed by atoms with van der Waals surface area (Å²) in [6.07, 6.45) is 2.00. The Morgan fingerprint density at radius 1 is 1.09 bits per heavy atom. The lowest BCUT2D eigenvalue weighted by molar-refractivity contribution is -0.122. The maximum atomic E-state index is 13.5. The summed E-state index contributed by atoms with van der Waals surface area (Å²) in [4.78, 5) is 14.0. The second-order valence-electron chi connectivity index (χ2n) is 7.62. The average Bonchev–Trinajstić information content (AvgIpc) is 2.84. The molecule has 0 aliphatic rings. The summed E-state index contributed by atoms with van der Waals surface area (Å²) in [5.41, 5.74) is 1.70. The minimum Gasteiger partial charge on any atom is -0.495 e. The molecule has 0 aromatic heterocycles. The fraction of sp³-hybridized carbons (Fsp3) is 0.240. The van der Waals surface area contributed by atoms with Crippen LogP contribution in [0.4, 0.5) is 0 Å². The minimum absolute atomic E-state index is 0.0114. The number of halogens is 1. The van der Waals surface area contributed by atoms with Gasteiger partial charge in [-0.2, -0.15) is 4.31 Å². The molecule has 1 N–H and O–H groups in total. The number of nitrogens with zero attached hydrogens (tertiary/aromatic N) is 1. The number of benzene rings is 3. The molecule has 3 aromatic carbocycles. The van der Waals surface area contributed by atoms with Gasteiger partial charge in [0, 0.05) is 11.4 Å². The number of hydrogen-bond acceptors (Lipinski definition) is 5. The molecule has 3 rings (SSSR count). The summed E-state index contributed by atoms with van der Waals surface area (Å²) in [6, 6.07) is 21.0. The van der Waals surface area contributed by atoms with Crippen molar-refractivity contribution in [3.8, 4) is 5.75 Å². The zero-order valence-electron chi connectivity index (χ0n) is 19.2. The highest BCUT2D eigenvalue weighted by Gasteiger charge is 2.28. The maximum absolute atomic E-state index is 13.5. The van der Waals surface area contributed by atoms with Gasteiger partial charge < -0.3 is 10.1 Å². The highest BCUT2D eigenvalue weighted by atomic mass is 35.5. The van der Waals surface area contributed by atoms with E-state index in [4.69, 9.17) is 16.3 Å². The van der Waals surface area contributed by atoms with Gasteiger partial charge in [-0.15, -0.1) is 11.8 Å². The van der Waals surface area contributed by atoms with Crippen LogP contribution in [0, 0.1) is 0 Å². The smallest absolute Gasteiger partial charge is 0.243 e. The molecule has 0 spiro atoms. The predicted molar refractivity (Wildman–Crippen MR) is 137 cm³/mol. The number of amides is 1. The number of carbonyl (C=O) groups is 1. The standard InChI is InChI=1S/C25H27ClN2O4S2/c1-18(20-9-11-21(33-3)12-10-20)27-25(29)17-28(16-19-7-5-4-6-8-19)34(30,31)22-13-14-24(32-2)23(26)15-22/h4-15,18H,16-17H2,1-3H3,(H,27,29). The van der Waals surface area contributed by atoms with E-state index in [2.05, 4.69) is 5.32 Å². The molecule has 0 heterocycles. The van der Waals surface area contributed by atoms with Gasteiger partial charge in [0.2, 0.25) is 15.9 Å². The number of carbonyl (C=O) groups excluding carboxylic acids is 1. The van der Waals surface area contributed by atoms with E-state index in [-0.39, 0.29) is 29.0 Å². The Labute approximate surface area is 210 Å². The summed E-state index contributed by atoms with van der Waals surface area (Å²) >= 11 is 7.81. The van der Waals surface area contributed by atoms with Crippen LogP contribution in [0.15, 0.2) is 82.6 Å². The number of sulfonamides is 1. The summed E-state index contributed by atoms with van der Waals surface area (Å²) in [5.74, 6) is -0.0326. The zero-order valence-corrected chi connectivity index (χ0v) is 21.6. The third-order valence-electron chi connectivity index (χ3n) is 5.28. The quantitative estimate of drug-likeness (QED) is 0.376. The minimum atomic E-state index is -4.02. The van der Waals surface area contributed by atoms with Crippen LogP contribution in [-0.2, 0) is 21.4 Å². The van der Waals surface area contributed by atoms with E-state index in [0.29, 0.717) is 5.75 Å². The molecule has 34 heavy (non-hydrogen) atoms. The Kier molecular flexibility index (Phi) is 9.02. The van der Waals surface area contributed by atoms with Gasteiger partial charge in [-0.1, -0.05) is 54.1 Å². The van der Waals surface area contributed by atoms with E-state index < -0.39 is 15.9 Å². The van der Waals surface area contributed by atoms with E-state index in [1.165, 1.54) is 25.3 Å². The predicted octanol–water partition coefficient (Wildman–Crippen LogP) is 5.14. The van der Waals surface area contributed by atoms with Crippen LogP contribution in [0.3, 0.4) is 0 Å². The van der Waals surface area contributed by atoms with Gasteiger partial charge in [0.05, 0.1) is 29.6 Å². The molecule has 1 unspecified atom stereocenters. The van der Waals surface area contributed by atoms with Gasteiger partial charge in [0.25, 0.3) is 0 Å². The lowest BCUT2D eigenvalue weighted by Gasteiger charge is -2.23. The van der Waals surface area contributed by atoms with Crippen LogP contribution >= 0.6 is 23.4 Å². The Hall–Kier alpha value is -2.52. The van der Waals surface area contributed by atoms with Crippen molar-refractivity contribution in [3.05, 3.63) is 88.9 Å². The van der Waals surface area contributed by atoms with Crippen LogP contribution in [0.1, 0.15) is 24.1 Å². The lowest BCUT2D eigenvalue weighted by Crippen LogP contribution is -2.41. The Morgan fingerprint density at radius 3 is 2.35 bits per heavy atom. The molecule has 0 aliphatic heterocycles. The SMILES string of the molecule is COc1ccc(S(=O)(=O)N(CC(=O)NC(C)c2ccc(SC)cc2)Cc2ccccc2)cc1Cl. The van der Waals surface area contributed by atoms with Crippen molar-refractivity contribution in [2.45, 2.75) is 29.3 Å². The monoisotopic (exact) mass is 518 g/mol. The van der Waals surface area contributed by atoms with Crippen LogP contribution in [0.25, 0.3) is 0 Å². The molecule has 1 amide bonds. The molecule has 9 heteroatoms. The van der Waals surface area contributed by atoms with Crippen LogP contribution < -0.4 is 10.1 Å². The van der Waals surface area contributed by atoms with E-state index in [0.717, 1.165) is 20.3 Å². The second kappa shape index (κ2) is 11.8. The number of hydrogen-bond donors (Lipinski definition) is 1. The summed E-state index contributed by atoms with van der Waals surface area (Å²) in [5, 5.41) is 3.08. The number of rotatable bonds is 10. The molecular weight excluding hydrogens is 492 g/mol. The third-order valence-corrected chi connectivity index (χ3v) is 8.10. The normalized spacial score (nSPS) is 12.4. The molecule has 0 saturated carbocycles. The van der Waals surface area contributed by atoms with Gasteiger partial charge in [-0.05, 0) is 54.6 Å². The number of ether oxygens (including phenoxy) is 1. The van der Waals surface area contributed by atoms with Crippen molar-refractivity contribution in [2.75, 3.05) is 19.9 Å². The van der Waals surface area contributed by atoms with E-state index in [1.807, 2.05) is 67.8 Å².